The normalized spacial score (nSPS) is 26.2. The molecule has 0 spiro atoms. The summed E-state index contributed by atoms with van der Waals surface area (Å²) >= 11 is 5.91. The summed E-state index contributed by atoms with van der Waals surface area (Å²) in [5.41, 5.74) is 7.10. The molecule has 0 aromatic heterocycles. The molecule has 138 valence electrons. The molecule has 1 aliphatic heterocycles. The Hall–Kier alpha value is -1.26. The minimum absolute atomic E-state index is 0.00529. The first-order chi connectivity index (χ1) is 12.0. The quantitative estimate of drug-likeness (QED) is 0.759. The van der Waals surface area contributed by atoms with E-state index in [1.807, 2.05) is 6.92 Å². The number of carbonyl (C=O) groups is 1. The lowest BCUT2D eigenvalue weighted by Gasteiger charge is -2.37. The van der Waals surface area contributed by atoms with E-state index in [1.54, 1.807) is 18.2 Å². The van der Waals surface area contributed by atoms with E-state index in [-0.39, 0.29) is 11.8 Å². The van der Waals surface area contributed by atoms with Crippen molar-refractivity contribution < 1.29 is 9.53 Å². The summed E-state index contributed by atoms with van der Waals surface area (Å²) in [4.78, 5) is 12.6. The molecule has 1 amide bonds. The fourth-order valence-electron chi connectivity index (χ4n) is 4.41. The third-order valence-electron chi connectivity index (χ3n) is 6.14. The van der Waals surface area contributed by atoms with Crippen LogP contribution in [-0.4, -0.2) is 19.1 Å². The molecule has 5 heteroatoms. The van der Waals surface area contributed by atoms with Crippen molar-refractivity contribution >= 4 is 28.9 Å². The first kappa shape index (κ1) is 18.5. The average molecular weight is 365 g/mol. The van der Waals surface area contributed by atoms with Crippen LogP contribution in [0.2, 0.25) is 5.02 Å². The van der Waals surface area contributed by atoms with Crippen LogP contribution in [0, 0.1) is 23.7 Å². The van der Waals surface area contributed by atoms with Crippen LogP contribution in [0.1, 0.15) is 45.4 Å². The van der Waals surface area contributed by atoms with Crippen LogP contribution in [0.5, 0.6) is 0 Å². The molecule has 3 rings (SSSR count). The number of carbonyl (C=O) groups excluding carboxylic acids is 1. The molecule has 4 nitrogen and oxygen atoms in total. The van der Waals surface area contributed by atoms with E-state index < -0.39 is 0 Å². The second kappa shape index (κ2) is 8.41. The molecule has 1 aromatic carbocycles. The molecule has 2 fully saturated rings. The van der Waals surface area contributed by atoms with E-state index in [9.17, 15) is 4.79 Å². The van der Waals surface area contributed by atoms with Gasteiger partial charge in [-0.3, -0.25) is 4.79 Å². The van der Waals surface area contributed by atoms with Crippen molar-refractivity contribution in [3.8, 4) is 0 Å². The fourth-order valence-corrected chi connectivity index (χ4v) is 4.59. The second-order valence-corrected chi connectivity index (χ2v) is 8.07. The van der Waals surface area contributed by atoms with Gasteiger partial charge in [-0.1, -0.05) is 18.5 Å². The first-order valence-electron chi connectivity index (χ1n) is 9.48. The zero-order valence-corrected chi connectivity index (χ0v) is 15.7. The van der Waals surface area contributed by atoms with Gasteiger partial charge in [0, 0.05) is 24.2 Å². The Morgan fingerprint density at radius 2 is 1.80 bits per heavy atom. The number of benzene rings is 1. The van der Waals surface area contributed by atoms with Gasteiger partial charge in [-0.25, -0.2) is 0 Å². The fraction of sp³-hybridized carbons (Fsp3) is 0.650. The first-order valence-corrected chi connectivity index (χ1v) is 9.86. The highest BCUT2D eigenvalue weighted by molar-refractivity contribution is 6.31. The van der Waals surface area contributed by atoms with Crippen LogP contribution < -0.4 is 11.1 Å². The van der Waals surface area contributed by atoms with E-state index in [2.05, 4.69) is 5.32 Å². The third-order valence-corrected chi connectivity index (χ3v) is 6.38. The minimum Gasteiger partial charge on any atom is -0.397 e. The Labute approximate surface area is 155 Å². The molecule has 1 atom stereocenters. The van der Waals surface area contributed by atoms with Gasteiger partial charge in [0.25, 0.3) is 0 Å². The van der Waals surface area contributed by atoms with Gasteiger partial charge in [0.1, 0.15) is 0 Å². The number of amides is 1. The van der Waals surface area contributed by atoms with Crippen molar-refractivity contribution in [2.75, 3.05) is 24.3 Å². The van der Waals surface area contributed by atoms with Crippen LogP contribution in [0.15, 0.2) is 18.2 Å². The van der Waals surface area contributed by atoms with E-state index >= 15 is 0 Å². The molecule has 1 heterocycles. The number of nitrogen functional groups attached to an aromatic ring is 1. The molecular formula is C20H29ClN2O2. The van der Waals surface area contributed by atoms with Crippen molar-refractivity contribution in [1.82, 2.24) is 0 Å². The molecule has 1 saturated carbocycles. The molecular weight excluding hydrogens is 336 g/mol. The van der Waals surface area contributed by atoms with Crippen LogP contribution in [0.3, 0.4) is 0 Å². The Morgan fingerprint density at radius 3 is 2.44 bits per heavy atom. The maximum absolute atomic E-state index is 12.6. The summed E-state index contributed by atoms with van der Waals surface area (Å²) in [6.45, 7) is 3.89. The summed E-state index contributed by atoms with van der Waals surface area (Å²) in [5, 5.41) is 3.55. The molecule has 2 aliphatic rings. The van der Waals surface area contributed by atoms with Gasteiger partial charge in [-0.2, -0.15) is 0 Å². The molecule has 1 aromatic rings. The van der Waals surface area contributed by atoms with Crippen molar-refractivity contribution in [2.24, 2.45) is 23.7 Å². The van der Waals surface area contributed by atoms with E-state index in [1.165, 1.54) is 25.7 Å². The predicted molar refractivity (Wildman–Crippen MR) is 103 cm³/mol. The number of hydrogen-bond donors (Lipinski definition) is 2. The van der Waals surface area contributed by atoms with E-state index in [0.29, 0.717) is 22.3 Å². The van der Waals surface area contributed by atoms with Crippen LogP contribution in [0.25, 0.3) is 0 Å². The highest BCUT2D eigenvalue weighted by Gasteiger charge is 2.32. The van der Waals surface area contributed by atoms with Crippen LogP contribution in [0.4, 0.5) is 11.4 Å². The largest absolute Gasteiger partial charge is 0.397 e. The van der Waals surface area contributed by atoms with Gasteiger partial charge in [-0.05, 0) is 74.5 Å². The number of anilines is 2. The minimum atomic E-state index is 0.00529. The zero-order chi connectivity index (χ0) is 17.8. The molecule has 0 unspecified atom stereocenters. The second-order valence-electron chi connectivity index (χ2n) is 7.63. The van der Waals surface area contributed by atoms with Crippen LogP contribution in [-0.2, 0) is 9.53 Å². The SMILES string of the molecule is C[C@@H](C(=O)Nc1ccc(Cl)cc1N)C1CCC(C2CCOCC2)CC1. The van der Waals surface area contributed by atoms with Gasteiger partial charge in [0.2, 0.25) is 5.91 Å². The van der Waals surface area contributed by atoms with Gasteiger partial charge < -0.3 is 15.8 Å². The van der Waals surface area contributed by atoms with Gasteiger partial charge in [-0.15, -0.1) is 0 Å². The monoisotopic (exact) mass is 364 g/mol. The lowest BCUT2D eigenvalue weighted by Crippen LogP contribution is -2.32. The van der Waals surface area contributed by atoms with Crippen LogP contribution >= 0.6 is 11.6 Å². The molecule has 0 radical (unpaired) electrons. The highest BCUT2D eigenvalue weighted by Crippen LogP contribution is 2.40. The van der Waals surface area contributed by atoms with E-state index in [4.69, 9.17) is 22.1 Å². The highest BCUT2D eigenvalue weighted by atomic mass is 35.5. The summed E-state index contributed by atoms with van der Waals surface area (Å²) in [6, 6.07) is 5.18. The molecule has 1 aliphatic carbocycles. The third kappa shape index (κ3) is 4.68. The van der Waals surface area contributed by atoms with Crippen molar-refractivity contribution in [2.45, 2.75) is 45.4 Å². The Kier molecular flexibility index (Phi) is 6.24. The number of hydrogen-bond acceptors (Lipinski definition) is 3. The molecule has 0 bridgehead atoms. The van der Waals surface area contributed by atoms with Crippen molar-refractivity contribution in [3.05, 3.63) is 23.2 Å². The number of rotatable bonds is 4. The standard InChI is InChI=1S/C20H29ClN2O2/c1-13(20(24)23-19-7-6-17(21)12-18(19)22)14-2-4-15(5-3-14)16-8-10-25-11-9-16/h6-7,12-16H,2-5,8-11,22H2,1H3,(H,23,24)/t13-,14?,15?/m1/s1. The number of halogens is 1. The summed E-state index contributed by atoms with van der Waals surface area (Å²) in [7, 11) is 0. The van der Waals surface area contributed by atoms with E-state index in [0.717, 1.165) is 37.9 Å². The number of nitrogens with one attached hydrogen (secondary N) is 1. The maximum Gasteiger partial charge on any atom is 0.227 e. The summed E-state index contributed by atoms with van der Waals surface area (Å²) < 4.78 is 5.48. The zero-order valence-electron chi connectivity index (χ0n) is 15.0. The lowest BCUT2D eigenvalue weighted by atomic mass is 9.70. The molecule has 1 saturated heterocycles. The molecule has 3 N–H and O–H groups in total. The summed E-state index contributed by atoms with van der Waals surface area (Å²) in [5.74, 6) is 2.17. The summed E-state index contributed by atoms with van der Waals surface area (Å²) in [6.07, 6.45) is 7.20. The Morgan fingerprint density at radius 1 is 1.16 bits per heavy atom. The Balaban J connectivity index is 1.51. The van der Waals surface area contributed by atoms with Crippen molar-refractivity contribution in [3.63, 3.8) is 0 Å². The lowest BCUT2D eigenvalue weighted by molar-refractivity contribution is -0.121. The predicted octanol–water partition coefficient (Wildman–Crippen LogP) is 4.73. The Bertz CT molecular complexity index is 593. The van der Waals surface area contributed by atoms with Gasteiger partial charge in [0.05, 0.1) is 11.4 Å². The smallest absolute Gasteiger partial charge is 0.227 e. The number of nitrogens with two attached hydrogens (primary N) is 1. The maximum atomic E-state index is 12.6. The average Bonchev–Trinajstić information content (AvgIpc) is 2.64. The topological polar surface area (TPSA) is 64.4 Å². The van der Waals surface area contributed by atoms with Gasteiger partial charge >= 0.3 is 0 Å². The molecule has 25 heavy (non-hydrogen) atoms. The number of ether oxygens (including phenoxy) is 1. The van der Waals surface area contributed by atoms with Gasteiger partial charge in [0.15, 0.2) is 0 Å². The van der Waals surface area contributed by atoms with Crippen molar-refractivity contribution in [1.29, 1.82) is 0 Å².